The maximum absolute atomic E-state index is 12.5. The van der Waals surface area contributed by atoms with Crippen molar-refractivity contribution >= 4 is 21.8 Å². The molecule has 1 N–H and O–H groups in total. The number of nitrogens with one attached hydrogen (secondary N) is 1. The number of hydrogen-bond acceptors (Lipinski definition) is 1. The zero-order valence-electron chi connectivity index (χ0n) is 10.9. The van der Waals surface area contributed by atoms with Crippen molar-refractivity contribution in [2.45, 2.75) is 24.3 Å². The van der Waals surface area contributed by atoms with Crippen LogP contribution >= 0.6 is 15.9 Å². The maximum Gasteiger partial charge on any atom is 0.253 e. The zero-order chi connectivity index (χ0) is 13.7. The zero-order valence-corrected chi connectivity index (χ0v) is 12.5. The fraction of sp³-hybridized carbons (Fsp3) is 0.235. The Hall–Kier alpha value is -1.61. The van der Waals surface area contributed by atoms with Crippen LogP contribution in [0, 0.1) is 0 Å². The minimum Gasteiger partial charge on any atom is -0.344 e. The Morgan fingerprint density at radius 1 is 1.05 bits per heavy atom. The number of carbonyl (C=O) groups is 1. The predicted molar refractivity (Wildman–Crippen MR) is 81.7 cm³/mol. The molecule has 2 aromatic rings. The van der Waals surface area contributed by atoms with Crippen molar-refractivity contribution in [2.75, 3.05) is 0 Å². The summed E-state index contributed by atoms with van der Waals surface area (Å²) in [7, 11) is 0. The van der Waals surface area contributed by atoms with Crippen LogP contribution < -0.4 is 5.32 Å². The molecule has 2 aromatic carbocycles. The predicted octanol–water partition coefficient (Wildman–Crippen LogP) is 3.97. The smallest absolute Gasteiger partial charge is 0.253 e. The molecule has 1 unspecified atom stereocenters. The molecule has 1 heterocycles. The lowest BCUT2D eigenvalue weighted by Crippen LogP contribution is -2.42. The van der Waals surface area contributed by atoms with Crippen molar-refractivity contribution in [3.8, 4) is 0 Å². The first-order valence-corrected chi connectivity index (χ1v) is 7.66. The average Bonchev–Trinajstić information content (AvgIpc) is 3.25. The molecule has 100 valence electrons. The Morgan fingerprint density at radius 3 is 2.50 bits per heavy atom. The molecule has 1 saturated carbocycles. The molecule has 0 bridgehead atoms. The highest BCUT2D eigenvalue weighted by Crippen LogP contribution is 2.59. The van der Waals surface area contributed by atoms with Crippen molar-refractivity contribution in [3.05, 3.63) is 69.7 Å². The number of fused-ring (bicyclic) bond motifs is 2. The highest BCUT2D eigenvalue weighted by Gasteiger charge is 2.56. The Labute approximate surface area is 126 Å². The van der Waals surface area contributed by atoms with Gasteiger partial charge in [0.2, 0.25) is 0 Å². The second kappa shape index (κ2) is 4.19. The highest BCUT2D eigenvalue weighted by molar-refractivity contribution is 9.10. The first-order valence-electron chi connectivity index (χ1n) is 6.87. The van der Waals surface area contributed by atoms with Crippen molar-refractivity contribution in [2.24, 2.45) is 0 Å². The van der Waals surface area contributed by atoms with Crippen LogP contribution in [0.2, 0.25) is 0 Å². The number of carbonyl (C=O) groups excluding carboxylic acids is 1. The molecule has 1 amide bonds. The van der Waals surface area contributed by atoms with E-state index in [2.05, 4.69) is 39.4 Å². The van der Waals surface area contributed by atoms with Crippen LogP contribution in [0.4, 0.5) is 0 Å². The molecule has 1 spiro atoms. The van der Waals surface area contributed by atoms with Gasteiger partial charge in [0.05, 0.1) is 11.6 Å². The van der Waals surface area contributed by atoms with Crippen LogP contribution in [-0.2, 0) is 5.41 Å². The molecule has 0 aromatic heterocycles. The van der Waals surface area contributed by atoms with Crippen molar-refractivity contribution < 1.29 is 4.79 Å². The minimum atomic E-state index is 0.0267. The second-order valence-corrected chi connectivity index (χ2v) is 6.49. The lowest BCUT2D eigenvalue weighted by atomic mass is 9.78. The number of halogens is 1. The van der Waals surface area contributed by atoms with Crippen LogP contribution in [0.5, 0.6) is 0 Å². The maximum atomic E-state index is 12.5. The summed E-state index contributed by atoms with van der Waals surface area (Å²) < 4.78 is 0.894. The van der Waals surface area contributed by atoms with Gasteiger partial charge in [-0.2, -0.15) is 0 Å². The van der Waals surface area contributed by atoms with E-state index in [0.717, 1.165) is 22.9 Å². The summed E-state index contributed by atoms with van der Waals surface area (Å²) >= 11 is 3.52. The van der Waals surface area contributed by atoms with Gasteiger partial charge >= 0.3 is 0 Å². The first kappa shape index (κ1) is 12.2. The third-order valence-electron chi connectivity index (χ3n) is 4.53. The molecular weight excluding hydrogens is 314 g/mol. The van der Waals surface area contributed by atoms with E-state index < -0.39 is 0 Å². The van der Waals surface area contributed by atoms with Crippen LogP contribution in [-0.4, -0.2) is 5.91 Å². The third-order valence-corrected chi connectivity index (χ3v) is 5.19. The molecule has 3 heteroatoms. The number of hydrogen-bond donors (Lipinski definition) is 1. The van der Waals surface area contributed by atoms with E-state index in [1.165, 1.54) is 11.1 Å². The van der Waals surface area contributed by atoms with E-state index in [0.29, 0.717) is 0 Å². The van der Waals surface area contributed by atoms with Crippen molar-refractivity contribution in [3.63, 3.8) is 0 Å². The molecule has 1 fully saturated rings. The van der Waals surface area contributed by atoms with Crippen molar-refractivity contribution in [1.29, 1.82) is 0 Å². The van der Waals surface area contributed by atoms with Gasteiger partial charge in [-0.05, 0) is 46.0 Å². The Balaban J connectivity index is 1.89. The van der Waals surface area contributed by atoms with Gasteiger partial charge in [-0.25, -0.2) is 0 Å². The monoisotopic (exact) mass is 327 g/mol. The van der Waals surface area contributed by atoms with Gasteiger partial charge in [0.25, 0.3) is 5.91 Å². The topological polar surface area (TPSA) is 29.1 Å². The summed E-state index contributed by atoms with van der Waals surface area (Å²) in [6, 6.07) is 16.5. The standard InChI is InChI=1S/C17H14BrNO/c18-13-8-4-7-12-14(13)16(20)19-15(17(12)9-10-17)11-5-2-1-3-6-11/h1-8,15H,9-10H2,(H,19,20). The molecule has 0 radical (unpaired) electrons. The summed E-state index contributed by atoms with van der Waals surface area (Å²) in [6.07, 6.45) is 2.27. The lowest BCUT2D eigenvalue weighted by Gasteiger charge is -2.35. The fourth-order valence-corrected chi connectivity index (χ4v) is 3.95. The van der Waals surface area contributed by atoms with Crippen LogP contribution in [0.25, 0.3) is 0 Å². The summed E-state index contributed by atoms with van der Waals surface area (Å²) in [4.78, 5) is 12.5. The van der Waals surface area contributed by atoms with Gasteiger partial charge in [-0.3, -0.25) is 4.79 Å². The van der Waals surface area contributed by atoms with E-state index in [1.54, 1.807) is 0 Å². The molecule has 2 nitrogen and oxygen atoms in total. The van der Waals surface area contributed by atoms with Gasteiger partial charge in [-0.15, -0.1) is 0 Å². The van der Waals surface area contributed by atoms with E-state index in [9.17, 15) is 4.79 Å². The number of benzene rings is 2. The molecule has 2 aliphatic rings. The van der Waals surface area contributed by atoms with Crippen LogP contribution in [0.3, 0.4) is 0 Å². The minimum absolute atomic E-state index is 0.0267. The molecular formula is C17H14BrNO. The summed E-state index contributed by atoms with van der Waals surface area (Å²) in [5.41, 5.74) is 3.31. The van der Waals surface area contributed by atoms with Gasteiger partial charge in [0.1, 0.15) is 0 Å². The van der Waals surface area contributed by atoms with E-state index >= 15 is 0 Å². The fourth-order valence-electron chi connectivity index (χ4n) is 3.41. The highest BCUT2D eigenvalue weighted by atomic mass is 79.9. The van der Waals surface area contributed by atoms with E-state index in [-0.39, 0.29) is 17.4 Å². The Bertz CT molecular complexity index is 691. The molecule has 20 heavy (non-hydrogen) atoms. The molecule has 1 aliphatic carbocycles. The molecule has 1 atom stereocenters. The normalized spacial score (nSPS) is 22.2. The van der Waals surface area contributed by atoms with E-state index in [4.69, 9.17) is 0 Å². The molecule has 0 saturated heterocycles. The van der Waals surface area contributed by atoms with E-state index in [1.807, 2.05) is 30.3 Å². The Morgan fingerprint density at radius 2 is 1.80 bits per heavy atom. The summed E-state index contributed by atoms with van der Waals surface area (Å²) in [6.45, 7) is 0. The van der Waals surface area contributed by atoms with Gasteiger partial charge in [0, 0.05) is 9.89 Å². The summed E-state index contributed by atoms with van der Waals surface area (Å²) in [5.74, 6) is 0.0267. The number of rotatable bonds is 1. The lowest BCUT2D eigenvalue weighted by molar-refractivity contribution is 0.0908. The summed E-state index contributed by atoms with van der Waals surface area (Å²) in [5, 5.41) is 3.21. The largest absolute Gasteiger partial charge is 0.344 e. The number of amides is 1. The third kappa shape index (κ3) is 1.59. The molecule has 1 aliphatic heterocycles. The Kier molecular flexibility index (Phi) is 2.55. The van der Waals surface area contributed by atoms with Gasteiger partial charge in [0.15, 0.2) is 0 Å². The quantitative estimate of drug-likeness (QED) is 0.843. The van der Waals surface area contributed by atoms with Crippen LogP contribution in [0.15, 0.2) is 53.0 Å². The SMILES string of the molecule is O=C1NC(c2ccccc2)C2(CC2)c2cccc(Br)c21. The van der Waals surface area contributed by atoms with Crippen molar-refractivity contribution in [1.82, 2.24) is 5.32 Å². The average molecular weight is 328 g/mol. The van der Waals surface area contributed by atoms with Gasteiger partial charge < -0.3 is 5.32 Å². The van der Waals surface area contributed by atoms with Crippen LogP contribution in [0.1, 0.15) is 40.4 Å². The molecule has 4 rings (SSSR count). The first-order chi connectivity index (χ1) is 9.72. The second-order valence-electron chi connectivity index (χ2n) is 5.64. The van der Waals surface area contributed by atoms with Gasteiger partial charge in [-0.1, -0.05) is 42.5 Å².